The van der Waals surface area contributed by atoms with Gasteiger partial charge in [0.1, 0.15) is 17.5 Å². The molecule has 0 N–H and O–H groups in total. The zero-order chi connectivity index (χ0) is 14.8. The molecular formula is C15H19N3O2S. The van der Waals surface area contributed by atoms with E-state index in [1.165, 1.54) is 0 Å². The van der Waals surface area contributed by atoms with Crippen LogP contribution in [0, 0.1) is 6.92 Å². The second-order valence-electron chi connectivity index (χ2n) is 5.36. The normalized spacial score (nSPS) is 16.2. The van der Waals surface area contributed by atoms with Gasteiger partial charge in [-0.15, -0.1) is 11.3 Å². The molecule has 6 heteroatoms. The third-order valence-corrected chi connectivity index (χ3v) is 4.41. The Balaban J connectivity index is 1.58. The smallest absolute Gasteiger partial charge is 0.272 e. The van der Waals surface area contributed by atoms with E-state index in [1.54, 1.807) is 16.0 Å². The Morgan fingerprint density at radius 3 is 2.76 bits per heavy atom. The van der Waals surface area contributed by atoms with E-state index < -0.39 is 0 Å². The molecule has 3 rings (SSSR count). The number of thiophene rings is 1. The van der Waals surface area contributed by atoms with Crippen LogP contribution in [0.5, 0.6) is 5.75 Å². The summed E-state index contributed by atoms with van der Waals surface area (Å²) >= 11 is 1.64. The number of rotatable bonds is 3. The number of aryl methyl sites for hydroxylation is 2. The Labute approximate surface area is 128 Å². The molecule has 0 aromatic carbocycles. The first kappa shape index (κ1) is 14.1. The van der Waals surface area contributed by atoms with Crippen LogP contribution in [-0.2, 0) is 7.05 Å². The lowest BCUT2D eigenvalue weighted by atomic mass is 10.1. The summed E-state index contributed by atoms with van der Waals surface area (Å²) in [4.78, 5) is 14.4. The summed E-state index contributed by atoms with van der Waals surface area (Å²) in [5.41, 5.74) is 1.53. The Kier molecular flexibility index (Phi) is 3.96. The van der Waals surface area contributed by atoms with Gasteiger partial charge in [-0.2, -0.15) is 5.10 Å². The van der Waals surface area contributed by atoms with E-state index in [1.807, 2.05) is 41.8 Å². The standard InChI is InChI=1S/C15H19N3O2S/c1-11-9-14(17(2)16-11)15(19)18-6-3-12(4-7-18)20-13-5-8-21-10-13/h5,8-10,12H,3-4,6-7H2,1-2H3. The fraction of sp³-hybridized carbons (Fsp3) is 0.467. The number of nitrogens with zero attached hydrogens (tertiary/aromatic N) is 3. The minimum Gasteiger partial charge on any atom is -0.489 e. The Morgan fingerprint density at radius 1 is 1.43 bits per heavy atom. The van der Waals surface area contributed by atoms with Gasteiger partial charge in [-0.25, -0.2) is 0 Å². The molecule has 0 radical (unpaired) electrons. The lowest BCUT2D eigenvalue weighted by Gasteiger charge is -2.31. The monoisotopic (exact) mass is 305 g/mol. The number of ether oxygens (including phenoxy) is 1. The van der Waals surface area contributed by atoms with Crippen molar-refractivity contribution < 1.29 is 9.53 Å². The molecule has 2 aromatic rings. The maximum absolute atomic E-state index is 12.5. The summed E-state index contributed by atoms with van der Waals surface area (Å²) in [5.74, 6) is 0.999. The molecule has 0 saturated carbocycles. The summed E-state index contributed by atoms with van der Waals surface area (Å²) in [5, 5.41) is 8.26. The quantitative estimate of drug-likeness (QED) is 0.875. The SMILES string of the molecule is Cc1cc(C(=O)N2CCC(Oc3ccsc3)CC2)n(C)n1. The topological polar surface area (TPSA) is 47.4 Å². The summed E-state index contributed by atoms with van der Waals surface area (Å²) in [6, 6.07) is 3.83. The number of piperidine rings is 1. The third-order valence-electron chi connectivity index (χ3n) is 3.75. The molecule has 3 heterocycles. The maximum atomic E-state index is 12.5. The summed E-state index contributed by atoms with van der Waals surface area (Å²) < 4.78 is 7.57. The maximum Gasteiger partial charge on any atom is 0.272 e. The van der Waals surface area contributed by atoms with Crippen LogP contribution in [0.3, 0.4) is 0 Å². The molecule has 112 valence electrons. The van der Waals surface area contributed by atoms with Crippen LogP contribution in [-0.4, -0.2) is 39.8 Å². The molecule has 1 aliphatic heterocycles. The van der Waals surface area contributed by atoms with Crippen molar-refractivity contribution in [3.63, 3.8) is 0 Å². The van der Waals surface area contributed by atoms with Gasteiger partial charge in [0.25, 0.3) is 5.91 Å². The van der Waals surface area contributed by atoms with Gasteiger partial charge in [0.15, 0.2) is 0 Å². The van der Waals surface area contributed by atoms with Crippen LogP contribution in [0.2, 0.25) is 0 Å². The van der Waals surface area contributed by atoms with E-state index in [9.17, 15) is 4.79 Å². The largest absolute Gasteiger partial charge is 0.489 e. The molecule has 0 aliphatic carbocycles. The van der Waals surface area contributed by atoms with Crippen molar-refractivity contribution in [1.82, 2.24) is 14.7 Å². The van der Waals surface area contributed by atoms with Crippen molar-refractivity contribution in [2.24, 2.45) is 7.05 Å². The first-order valence-corrected chi connectivity index (χ1v) is 8.06. The molecule has 1 amide bonds. The number of carbonyl (C=O) groups excluding carboxylic acids is 1. The predicted octanol–water partition coefficient (Wildman–Crippen LogP) is 2.47. The average Bonchev–Trinajstić information content (AvgIpc) is 3.08. The average molecular weight is 305 g/mol. The fourth-order valence-electron chi connectivity index (χ4n) is 2.66. The van der Waals surface area contributed by atoms with E-state index >= 15 is 0 Å². The van der Waals surface area contributed by atoms with Gasteiger partial charge in [0.05, 0.1) is 5.69 Å². The van der Waals surface area contributed by atoms with Gasteiger partial charge in [0, 0.05) is 38.4 Å². The number of amides is 1. The van der Waals surface area contributed by atoms with E-state index in [0.29, 0.717) is 5.69 Å². The second kappa shape index (κ2) is 5.89. The van der Waals surface area contributed by atoms with Crippen molar-refractivity contribution in [1.29, 1.82) is 0 Å². The third kappa shape index (κ3) is 3.10. The van der Waals surface area contributed by atoms with Gasteiger partial charge in [0.2, 0.25) is 0 Å². The van der Waals surface area contributed by atoms with Crippen molar-refractivity contribution in [2.75, 3.05) is 13.1 Å². The minimum atomic E-state index is 0.0621. The number of hydrogen-bond donors (Lipinski definition) is 0. The highest BCUT2D eigenvalue weighted by Crippen LogP contribution is 2.22. The molecule has 0 unspecified atom stereocenters. The van der Waals surface area contributed by atoms with Crippen molar-refractivity contribution >= 4 is 17.2 Å². The summed E-state index contributed by atoms with van der Waals surface area (Å²) in [7, 11) is 1.81. The van der Waals surface area contributed by atoms with Gasteiger partial charge in [-0.3, -0.25) is 9.48 Å². The van der Waals surface area contributed by atoms with Crippen LogP contribution in [0.4, 0.5) is 0 Å². The minimum absolute atomic E-state index is 0.0621. The molecule has 0 atom stereocenters. The number of likely N-dealkylation sites (tertiary alicyclic amines) is 1. The summed E-state index contributed by atoms with van der Waals surface area (Å²) in [6.07, 6.45) is 1.95. The highest BCUT2D eigenvalue weighted by Gasteiger charge is 2.26. The lowest BCUT2D eigenvalue weighted by molar-refractivity contribution is 0.0586. The molecule has 0 bridgehead atoms. The molecule has 21 heavy (non-hydrogen) atoms. The second-order valence-corrected chi connectivity index (χ2v) is 6.14. The molecule has 2 aromatic heterocycles. The molecular weight excluding hydrogens is 286 g/mol. The van der Waals surface area contributed by atoms with Crippen molar-refractivity contribution in [3.05, 3.63) is 34.3 Å². The van der Waals surface area contributed by atoms with Crippen molar-refractivity contribution in [3.8, 4) is 5.75 Å². The van der Waals surface area contributed by atoms with Crippen molar-refractivity contribution in [2.45, 2.75) is 25.9 Å². The zero-order valence-electron chi connectivity index (χ0n) is 12.3. The fourth-order valence-corrected chi connectivity index (χ4v) is 3.22. The molecule has 1 saturated heterocycles. The lowest BCUT2D eigenvalue weighted by Crippen LogP contribution is -2.42. The van der Waals surface area contributed by atoms with E-state index in [4.69, 9.17) is 4.74 Å². The Hall–Kier alpha value is -1.82. The van der Waals surface area contributed by atoms with Crippen LogP contribution in [0.15, 0.2) is 22.9 Å². The van der Waals surface area contributed by atoms with Crippen LogP contribution >= 0.6 is 11.3 Å². The van der Waals surface area contributed by atoms with E-state index in [0.717, 1.165) is 37.4 Å². The van der Waals surface area contributed by atoms with Crippen LogP contribution in [0.25, 0.3) is 0 Å². The molecule has 1 aliphatic rings. The highest BCUT2D eigenvalue weighted by molar-refractivity contribution is 7.08. The van der Waals surface area contributed by atoms with E-state index in [2.05, 4.69) is 5.10 Å². The van der Waals surface area contributed by atoms with Gasteiger partial charge in [-0.1, -0.05) is 0 Å². The van der Waals surface area contributed by atoms with Crippen LogP contribution < -0.4 is 4.74 Å². The van der Waals surface area contributed by atoms with Crippen LogP contribution in [0.1, 0.15) is 29.0 Å². The first-order chi connectivity index (χ1) is 10.1. The van der Waals surface area contributed by atoms with E-state index in [-0.39, 0.29) is 12.0 Å². The van der Waals surface area contributed by atoms with Gasteiger partial charge < -0.3 is 9.64 Å². The number of carbonyl (C=O) groups is 1. The predicted molar refractivity (Wildman–Crippen MR) is 81.8 cm³/mol. The first-order valence-electron chi connectivity index (χ1n) is 7.12. The summed E-state index contributed by atoms with van der Waals surface area (Å²) in [6.45, 7) is 3.37. The molecule has 0 spiro atoms. The van der Waals surface area contributed by atoms with Gasteiger partial charge in [-0.05, 0) is 24.4 Å². The Morgan fingerprint density at radius 2 is 2.19 bits per heavy atom. The molecule has 1 fully saturated rings. The Bertz CT molecular complexity index is 613. The van der Waals surface area contributed by atoms with Gasteiger partial charge >= 0.3 is 0 Å². The molecule has 5 nitrogen and oxygen atoms in total. The zero-order valence-corrected chi connectivity index (χ0v) is 13.1. The number of aromatic nitrogens is 2. The number of hydrogen-bond acceptors (Lipinski definition) is 4. The highest BCUT2D eigenvalue weighted by atomic mass is 32.1.